The van der Waals surface area contributed by atoms with Crippen LogP contribution in [0.15, 0.2) is 11.6 Å². The first-order valence-electron chi connectivity index (χ1n) is 8.39. The van der Waals surface area contributed by atoms with Crippen molar-refractivity contribution < 1.29 is 39.7 Å². The van der Waals surface area contributed by atoms with Gasteiger partial charge in [-0.25, -0.2) is 0 Å². The lowest BCUT2D eigenvalue weighted by molar-refractivity contribution is -0.274. The van der Waals surface area contributed by atoms with E-state index in [1.54, 1.807) is 6.08 Å². The minimum absolute atomic E-state index is 0.125. The van der Waals surface area contributed by atoms with Crippen LogP contribution in [0.5, 0.6) is 0 Å². The van der Waals surface area contributed by atoms with Crippen LogP contribution in [0, 0.1) is 0 Å². The molecule has 0 spiro atoms. The van der Waals surface area contributed by atoms with E-state index in [0.717, 1.165) is 0 Å². The summed E-state index contributed by atoms with van der Waals surface area (Å²) in [4.78, 5) is 0. The summed E-state index contributed by atoms with van der Waals surface area (Å²) < 4.78 is 15.7. The van der Waals surface area contributed by atoms with Gasteiger partial charge in [0, 0.05) is 14.2 Å². The molecule has 25 heavy (non-hydrogen) atoms. The van der Waals surface area contributed by atoms with E-state index in [1.165, 1.54) is 14.2 Å². The molecule has 0 aromatic carbocycles. The zero-order chi connectivity index (χ0) is 18.7. The van der Waals surface area contributed by atoms with Gasteiger partial charge in [0.05, 0.1) is 18.7 Å². The van der Waals surface area contributed by atoms with Crippen molar-refractivity contribution >= 4 is 0 Å². The number of ether oxygens (including phenoxy) is 3. The van der Waals surface area contributed by atoms with Crippen molar-refractivity contribution in [3.05, 3.63) is 11.6 Å². The monoisotopic (exact) mass is 363 g/mol. The molecule has 1 aliphatic carbocycles. The minimum Gasteiger partial charge on any atom is -0.388 e. The number of nitrogens with one attached hydrogen (secondary N) is 1. The number of hydrogen-bond donors (Lipinski definition) is 6. The van der Waals surface area contributed by atoms with Gasteiger partial charge in [0.25, 0.3) is 0 Å². The third-order valence-corrected chi connectivity index (χ3v) is 4.88. The Morgan fingerprint density at radius 2 is 1.72 bits per heavy atom. The molecule has 2 rings (SSSR count). The van der Waals surface area contributed by atoms with Gasteiger partial charge in [-0.3, -0.25) is 0 Å². The van der Waals surface area contributed by atoms with Gasteiger partial charge >= 0.3 is 0 Å². The van der Waals surface area contributed by atoms with Gasteiger partial charge in [0.15, 0.2) is 6.29 Å². The zero-order valence-electron chi connectivity index (χ0n) is 14.6. The lowest BCUT2D eigenvalue weighted by Crippen LogP contribution is -2.67. The highest BCUT2D eigenvalue weighted by Gasteiger charge is 2.47. The van der Waals surface area contributed by atoms with E-state index in [4.69, 9.17) is 14.2 Å². The second-order valence-electron chi connectivity index (χ2n) is 6.45. The van der Waals surface area contributed by atoms with Gasteiger partial charge in [-0.15, -0.1) is 0 Å². The van der Waals surface area contributed by atoms with E-state index >= 15 is 0 Å². The maximum atomic E-state index is 10.5. The molecule has 9 atom stereocenters. The Hall–Kier alpha value is -0.620. The van der Waals surface area contributed by atoms with Crippen LogP contribution in [0.1, 0.15) is 13.3 Å². The molecule has 0 radical (unpaired) electrons. The van der Waals surface area contributed by atoms with Crippen molar-refractivity contribution in [2.45, 2.75) is 68.3 Å². The molecule has 1 heterocycles. The first-order valence-corrected chi connectivity index (χ1v) is 8.39. The van der Waals surface area contributed by atoms with Gasteiger partial charge in [0.2, 0.25) is 0 Å². The summed E-state index contributed by atoms with van der Waals surface area (Å²) in [6.45, 7) is 1.95. The van der Waals surface area contributed by atoms with Gasteiger partial charge in [-0.1, -0.05) is 13.0 Å². The highest BCUT2D eigenvalue weighted by atomic mass is 16.7. The van der Waals surface area contributed by atoms with E-state index in [9.17, 15) is 25.5 Å². The Labute approximate surface area is 146 Å². The smallest absolute Gasteiger partial charge is 0.186 e. The fourth-order valence-corrected chi connectivity index (χ4v) is 3.38. The average Bonchev–Trinajstić information content (AvgIpc) is 2.61. The molecular weight excluding hydrogens is 334 g/mol. The first-order chi connectivity index (χ1) is 11.8. The molecule has 1 saturated heterocycles. The highest BCUT2D eigenvalue weighted by Crippen LogP contribution is 2.26. The topological polar surface area (TPSA) is 141 Å². The molecule has 0 saturated carbocycles. The van der Waals surface area contributed by atoms with Crippen LogP contribution in [-0.4, -0.2) is 101 Å². The van der Waals surface area contributed by atoms with E-state index in [-0.39, 0.29) is 6.61 Å². The summed E-state index contributed by atoms with van der Waals surface area (Å²) in [5.41, 5.74) is 0.583. The lowest BCUT2D eigenvalue weighted by Gasteiger charge is -2.45. The molecule has 9 nitrogen and oxygen atoms in total. The van der Waals surface area contributed by atoms with Crippen LogP contribution in [-0.2, 0) is 14.2 Å². The van der Waals surface area contributed by atoms with Crippen LogP contribution >= 0.6 is 0 Å². The van der Waals surface area contributed by atoms with Crippen molar-refractivity contribution in [3.8, 4) is 0 Å². The van der Waals surface area contributed by atoms with Gasteiger partial charge in [-0.05, 0) is 12.0 Å². The van der Waals surface area contributed by atoms with Crippen molar-refractivity contribution in [1.29, 1.82) is 0 Å². The summed E-state index contributed by atoms with van der Waals surface area (Å²) in [5, 5.41) is 53.9. The number of hydrogen-bond acceptors (Lipinski definition) is 9. The molecule has 9 heteroatoms. The molecule has 2 aliphatic rings. The first kappa shape index (κ1) is 20.7. The van der Waals surface area contributed by atoms with Crippen LogP contribution in [0.25, 0.3) is 0 Å². The second-order valence-corrected chi connectivity index (χ2v) is 6.45. The number of aliphatic hydroxyl groups excluding tert-OH is 5. The second kappa shape index (κ2) is 8.85. The third kappa shape index (κ3) is 4.21. The fourth-order valence-electron chi connectivity index (χ4n) is 3.38. The maximum Gasteiger partial charge on any atom is 0.186 e. The van der Waals surface area contributed by atoms with E-state index in [2.05, 4.69) is 5.32 Å². The number of aliphatic hydroxyl groups is 5. The van der Waals surface area contributed by atoms with Crippen LogP contribution in [0.2, 0.25) is 0 Å². The Balaban J connectivity index is 2.21. The maximum absolute atomic E-state index is 10.5. The Morgan fingerprint density at radius 3 is 2.28 bits per heavy atom. The number of rotatable bonds is 6. The van der Waals surface area contributed by atoms with Crippen molar-refractivity contribution in [1.82, 2.24) is 5.32 Å². The summed E-state index contributed by atoms with van der Waals surface area (Å²) in [6.07, 6.45) is -5.81. The van der Waals surface area contributed by atoms with Crippen molar-refractivity contribution in [2.75, 3.05) is 20.8 Å². The molecule has 0 aromatic rings. The molecule has 6 N–H and O–H groups in total. The molecule has 1 fully saturated rings. The van der Waals surface area contributed by atoms with Gasteiger partial charge in [-0.2, -0.15) is 0 Å². The minimum atomic E-state index is -1.35. The van der Waals surface area contributed by atoms with Crippen LogP contribution < -0.4 is 5.32 Å². The molecule has 146 valence electrons. The molecule has 0 bridgehead atoms. The zero-order valence-corrected chi connectivity index (χ0v) is 14.6. The summed E-state index contributed by atoms with van der Waals surface area (Å²) in [5.74, 6) is 0. The molecular formula is C16H29NO8. The fraction of sp³-hybridized carbons (Fsp3) is 0.875. The Kier molecular flexibility index (Phi) is 7.32. The Bertz CT molecular complexity index is 461. The Morgan fingerprint density at radius 1 is 1.04 bits per heavy atom. The summed E-state index contributed by atoms with van der Waals surface area (Å²) in [7, 11) is 2.83. The predicted octanol–water partition coefficient (Wildman–Crippen LogP) is -2.51. The largest absolute Gasteiger partial charge is 0.388 e. The molecule has 9 unspecified atom stereocenters. The average molecular weight is 363 g/mol. The van der Waals surface area contributed by atoms with Crippen LogP contribution in [0.4, 0.5) is 0 Å². The van der Waals surface area contributed by atoms with E-state index in [0.29, 0.717) is 12.0 Å². The van der Waals surface area contributed by atoms with E-state index in [1.807, 2.05) is 6.92 Å². The van der Waals surface area contributed by atoms with Gasteiger partial charge in [0.1, 0.15) is 36.6 Å². The van der Waals surface area contributed by atoms with Crippen LogP contribution in [0.3, 0.4) is 0 Å². The summed E-state index contributed by atoms with van der Waals surface area (Å²) in [6, 6.07) is -1.51. The predicted molar refractivity (Wildman–Crippen MR) is 86.7 cm³/mol. The molecule has 0 amide bonds. The van der Waals surface area contributed by atoms with Gasteiger partial charge < -0.3 is 45.1 Å². The highest BCUT2D eigenvalue weighted by molar-refractivity contribution is 5.21. The standard InChI is InChI=1S/C16H29NO8/c1-4-7-5-8(12(19)14(21)11(7)18)17-10-9(6-23-2)25-16(24-3)15(22)13(10)20/h5,8-22H,4,6H2,1-3H3. The normalized spacial score (nSPS) is 45.3. The van der Waals surface area contributed by atoms with E-state index < -0.39 is 55.0 Å². The molecule has 0 aromatic heterocycles. The summed E-state index contributed by atoms with van der Waals surface area (Å²) >= 11 is 0. The molecule has 1 aliphatic heterocycles. The SMILES string of the molecule is CCC1=CC(NC2C(COC)OC(OC)C(O)C2O)C(O)C(O)C1O. The lowest BCUT2D eigenvalue weighted by atomic mass is 9.85. The van der Waals surface area contributed by atoms with Crippen molar-refractivity contribution in [3.63, 3.8) is 0 Å². The quantitative estimate of drug-likeness (QED) is 0.282. The number of methoxy groups -OCH3 is 2. The third-order valence-electron chi connectivity index (χ3n) is 4.88. The van der Waals surface area contributed by atoms with Crippen molar-refractivity contribution in [2.24, 2.45) is 0 Å².